The fourth-order valence-electron chi connectivity index (χ4n) is 1.93. The Kier molecular flexibility index (Phi) is 3.12. The number of carbonyl (C=O) groups excluding carboxylic acids is 1. The van der Waals surface area contributed by atoms with Crippen LogP contribution in [0.4, 0.5) is 9.18 Å². The van der Waals surface area contributed by atoms with Gasteiger partial charge in [-0.25, -0.2) is 9.18 Å². The summed E-state index contributed by atoms with van der Waals surface area (Å²) in [5.74, 6) is -0.340. The Balaban J connectivity index is 2.43. The lowest BCUT2D eigenvalue weighted by Crippen LogP contribution is -2.47. The first-order chi connectivity index (χ1) is 7.92. The van der Waals surface area contributed by atoms with E-state index < -0.39 is 6.09 Å². The fraction of sp³-hybridized carbons (Fsp3) is 0.417. The van der Waals surface area contributed by atoms with E-state index in [0.29, 0.717) is 10.0 Å². The molecular weight excluding hydrogens is 289 g/mol. The van der Waals surface area contributed by atoms with Crippen LogP contribution in [0, 0.1) is 11.2 Å². The zero-order chi connectivity index (χ0) is 12.6. The first-order valence-corrected chi connectivity index (χ1v) is 6.08. The molecule has 92 valence electrons. The van der Waals surface area contributed by atoms with Crippen molar-refractivity contribution in [1.82, 2.24) is 5.32 Å². The number of benzene rings is 1. The molecule has 0 unspecified atom stereocenters. The summed E-state index contributed by atoms with van der Waals surface area (Å²) in [5.41, 5.74) is 0.122. The molecule has 0 bridgehead atoms. The summed E-state index contributed by atoms with van der Waals surface area (Å²) >= 11 is 3.15. The van der Waals surface area contributed by atoms with Crippen LogP contribution < -0.4 is 5.32 Å². The van der Waals surface area contributed by atoms with Gasteiger partial charge in [-0.1, -0.05) is 26.0 Å². The van der Waals surface area contributed by atoms with Crippen molar-refractivity contribution in [3.05, 3.63) is 34.1 Å². The summed E-state index contributed by atoms with van der Waals surface area (Å²) in [6.07, 6.45) is -0.506. The Morgan fingerprint density at radius 1 is 1.53 bits per heavy atom. The number of halogens is 2. The van der Waals surface area contributed by atoms with Gasteiger partial charge in [-0.2, -0.15) is 0 Å². The molecule has 1 fully saturated rings. The van der Waals surface area contributed by atoms with E-state index in [1.165, 1.54) is 0 Å². The van der Waals surface area contributed by atoms with Crippen LogP contribution in [0.3, 0.4) is 0 Å². The van der Waals surface area contributed by atoms with Crippen molar-refractivity contribution < 1.29 is 13.9 Å². The molecule has 1 aliphatic rings. The lowest BCUT2D eigenvalue weighted by molar-refractivity contribution is 0.0377. The molecule has 0 saturated carbocycles. The Bertz CT molecular complexity index is 462. The van der Waals surface area contributed by atoms with Crippen molar-refractivity contribution in [2.24, 2.45) is 5.41 Å². The van der Waals surface area contributed by atoms with Crippen molar-refractivity contribution in [3.63, 3.8) is 0 Å². The van der Waals surface area contributed by atoms with Crippen molar-refractivity contribution >= 4 is 22.0 Å². The average Bonchev–Trinajstić information content (AvgIpc) is 2.26. The number of nitrogens with one attached hydrogen (secondary N) is 1. The highest BCUT2D eigenvalue weighted by molar-refractivity contribution is 9.10. The molecule has 1 aromatic carbocycles. The van der Waals surface area contributed by atoms with Gasteiger partial charge >= 0.3 is 6.09 Å². The number of hydrogen-bond donors (Lipinski definition) is 1. The standard InChI is InChI=1S/C12H13BrFNO2/c1-12(2)6-17-11(16)15-10(12)7-4-3-5-8(13)9(7)14/h3-5,10H,6H2,1-2H3,(H,15,16)/t10-/m0/s1. The first-order valence-electron chi connectivity index (χ1n) is 5.29. The highest BCUT2D eigenvalue weighted by atomic mass is 79.9. The van der Waals surface area contributed by atoms with Gasteiger partial charge in [-0.15, -0.1) is 0 Å². The van der Waals surface area contributed by atoms with Crippen LogP contribution in [-0.2, 0) is 4.74 Å². The third-order valence-electron chi connectivity index (χ3n) is 2.91. The Morgan fingerprint density at radius 2 is 2.24 bits per heavy atom. The Labute approximate surface area is 107 Å². The second-order valence-electron chi connectivity index (χ2n) is 4.79. The molecule has 2 rings (SSSR count). The molecule has 1 heterocycles. The van der Waals surface area contributed by atoms with Crippen LogP contribution in [0.2, 0.25) is 0 Å². The molecule has 3 nitrogen and oxygen atoms in total. The van der Waals surface area contributed by atoms with E-state index in [1.807, 2.05) is 13.8 Å². The lowest BCUT2D eigenvalue weighted by Gasteiger charge is -2.38. The number of hydrogen-bond acceptors (Lipinski definition) is 2. The van der Waals surface area contributed by atoms with Crippen LogP contribution in [0.25, 0.3) is 0 Å². The monoisotopic (exact) mass is 301 g/mol. The number of carbonyl (C=O) groups is 1. The summed E-state index contributed by atoms with van der Waals surface area (Å²) in [4.78, 5) is 11.3. The molecule has 1 aliphatic heterocycles. The molecule has 1 atom stereocenters. The number of alkyl carbamates (subject to hydrolysis) is 1. The van der Waals surface area contributed by atoms with E-state index in [9.17, 15) is 9.18 Å². The highest BCUT2D eigenvalue weighted by Gasteiger charge is 2.39. The summed E-state index contributed by atoms with van der Waals surface area (Å²) in [5, 5.41) is 2.67. The first kappa shape index (κ1) is 12.4. The molecule has 17 heavy (non-hydrogen) atoms. The molecule has 1 aromatic rings. The Hall–Kier alpha value is -1.10. The van der Waals surface area contributed by atoms with Crippen molar-refractivity contribution in [1.29, 1.82) is 0 Å². The molecule has 1 amide bonds. The van der Waals surface area contributed by atoms with Gasteiger partial charge in [0.25, 0.3) is 0 Å². The molecule has 1 saturated heterocycles. The predicted octanol–water partition coefficient (Wildman–Crippen LogP) is 3.40. The molecule has 0 aliphatic carbocycles. The van der Waals surface area contributed by atoms with E-state index in [4.69, 9.17) is 4.74 Å². The predicted molar refractivity (Wildman–Crippen MR) is 65.1 cm³/mol. The number of cyclic esters (lactones) is 1. The third kappa shape index (κ3) is 2.29. The smallest absolute Gasteiger partial charge is 0.407 e. The molecule has 0 spiro atoms. The summed E-state index contributed by atoms with van der Waals surface area (Å²) in [6, 6.07) is 4.67. The van der Waals surface area contributed by atoms with Gasteiger partial charge in [-0.05, 0) is 22.0 Å². The van der Waals surface area contributed by atoms with Gasteiger partial charge in [0.1, 0.15) is 12.4 Å². The third-order valence-corrected chi connectivity index (χ3v) is 3.52. The number of ether oxygens (including phenoxy) is 1. The van der Waals surface area contributed by atoms with Crippen LogP contribution in [0.1, 0.15) is 25.5 Å². The van der Waals surface area contributed by atoms with E-state index in [2.05, 4.69) is 21.2 Å². The van der Waals surface area contributed by atoms with Crippen molar-refractivity contribution in [2.75, 3.05) is 6.61 Å². The van der Waals surface area contributed by atoms with E-state index in [1.54, 1.807) is 18.2 Å². The van der Waals surface area contributed by atoms with E-state index in [0.717, 1.165) is 0 Å². The number of amides is 1. The molecule has 1 N–H and O–H groups in total. The zero-order valence-electron chi connectivity index (χ0n) is 9.59. The van der Waals surface area contributed by atoms with Gasteiger partial charge in [-0.3, -0.25) is 0 Å². The highest BCUT2D eigenvalue weighted by Crippen LogP contribution is 2.38. The molecule has 0 radical (unpaired) electrons. The van der Waals surface area contributed by atoms with Gasteiger partial charge in [0.05, 0.1) is 10.5 Å². The quantitative estimate of drug-likeness (QED) is 0.863. The summed E-state index contributed by atoms with van der Waals surface area (Å²) in [7, 11) is 0. The molecule has 5 heteroatoms. The van der Waals surface area contributed by atoms with Crippen LogP contribution in [0.15, 0.2) is 22.7 Å². The average molecular weight is 302 g/mol. The van der Waals surface area contributed by atoms with Crippen molar-refractivity contribution in [3.8, 4) is 0 Å². The minimum atomic E-state index is -0.506. The maximum absolute atomic E-state index is 14.0. The van der Waals surface area contributed by atoms with Crippen LogP contribution in [0.5, 0.6) is 0 Å². The van der Waals surface area contributed by atoms with Gasteiger partial charge in [0.15, 0.2) is 0 Å². The maximum atomic E-state index is 14.0. The zero-order valence-corrected chi connectivity index (χ0v) is 11.2. The minimum absolute atomic E-state index is 0.273. The second kappa shape index (κ2) is 4.29. The van der Waals surface area contributed by atoms with Crippen LogP contribution >= 0.6 is 15.9 Å². The largest absolute Gasteiger partial charge is 0.449 e. The maximum Gasteiger partial charge on any atom is 0.407 e. The van der Waals surface area contributed by atoms with Crippen LogP contribution in [-0.4, -0.2) is 12.7 Å². The minimum Gasteiger partial charge on any atom is -0.449 e. The normalized spacial score (nSPS) is 22.8. The second-order valence-corrected chi connectivity index (χ2v) is 5.64. The lowest BCUT2D eigenvalue weighted by atomic mass is 9.80. The SMILES string of the molecule is CC1(C)COC(=O)N[C@H]1c1cccc(Br)c1F. The fourth-order valence-corrected chi connectivity index (χ4v) is 2.31. The topological polar surface area (TPSA) is 38.3 Å². The summed E-state index contributed by atoms with van der Waals surface area (Å²) in [6.45, 7) is 4.13. The number of rotatable bonds is 1. The van der Waals surface area contributed by atoms with Gasteiger partial charge < -0.3 is 10.1 Å². The van der Waals surface area contributed by atoms with Crippen molar-refractivity contribution in [2.45, 2.75) is 19.9 Å². The van der Waals surface area contributed by atoms with E-state index >= 15 is 0 Å². The molecular formula is C12H13BrFNO2. The Morgan fingerprint density at radius 3 is 2.94 bits per heavy atom. The van der Waals surface area contributed by atoms with Gasteiger partial charge in [0, 0.05) is 11.0 Å². The molecule has 0 aromatic heterocycles. The summed E-state index contributed by atoms with van der Waals surface area (Å²) < 4.78 is 19.3. The van der Waals surface area contributed by atoms with E-state index in [-0.39, 0.29) is 23.9 Å². The van der Waals surface area contributed by atoms with Gasteiger partial charge in [0.2, 0.25) is 0 Å².